The molecule has 0 aliphatic carbocycles. The predicted molar refractivity (Wildman–Crippen MR) is 104 cm³/mol. The van der Waals surface area contributed by atoms with Crippen LogP contribution in [-0.4, -0.2) is 38.6 Å². The highest BCUT2D eigenvalue weighted by Gasteiger charge is 2.15. The number of unbranched alkanes of at least 4 members (excludes halogenated alkanes) is 1. The number of aliphatic hydroxyl groups is 1. The smallest absolute Gasteiger partial charge is 0.231 e. The summed E-state index contributed by atoms with van der Waals surface area (Å²) in [4.78, 5) is 23.8. The highest BCUT2D eigenvalue weighted by atomic mass is 16.5. The van der Waals surface area contributed by atoms with Crippen molar-refractivity contribution in [2.45, 2.75) is 45.8 Å². The summed E-state index contributed by atoms with van der Waals surface area (Å²) < 4.78 is 5.78. The topological polar surface area (TPSA) is 133 Å². The van der Waals surface area contributed by atoms with E-state index in [4.69, 9.17) is 10.00 Å². The molecule has 2 rings (SSSR count). The van der Waals surface area contributed by atoms with Gasteiger partial charge in [-0.05, 0) is 18.6 Å². The van der Waals surface area contributed by atoms with Gasteiger partial charge in [-0.1, -0.05) is 25.8 Å². The van der Waals surface area contributed by atoms with Gasteiger partial charge in [-0.15, -0.1) is 0 Å². The third kappa shape index (κ3) is 6.48. The Bertz CT molecular complexity index is 837. The maximum absolute atomic E-state index is 11.3. The van der Waals surface area contributed by atoms with Gasteiger partial charge in [0.15, 0.2) is 11.6 Å². The summed E-state index contributed by atoms with van der Waals surface area (Å²) in [7, 11) is 0. The highest BCUT2D eigenvalue weighted by Crippen LogP contribution is 2.25. The van der Waals surface area contributed by atoms with Crippen LogP contribution >= 0.6 is 0 Å². The number of carbonyl (C=O) groups is 1. The van der Waals surface area contributed by atoms with E-state index in [0.29, 0.717) is 23.0 Å². The number of nitriles is 1. The second-order valence-electron chi connectivity index (χ2n) is 6.17. The first-order valence-electron chi connectivity index (χ1n) is 9.06. The number of aliphatic hydroxyl groups excluding tert-OH is 1. The van der Waals surface area contributed by atoms with Crippen molar-refractivity contribution in [3.05, 3.63) is 35.8 Å². The molecule has 0 saturated carbocycles. The van der Waals surface area contributed by atoms with Gasteiger partial charge in [0.05, 0.1) is 24.5 Å². The fourth-order valence-corrected chi connectivity index (χ4v) is 2.42. The molecule has 9 nitrogen and oxygen atoms in total. The Labute approximate surface area is 163 Å². The summed E-state index contributed by atoms with van der Waals surface area (Å²) in [6.45, 7) is 3.49. The average molecular weight is 384 g/mol. The minimum atomic E-state index is -0.290. The Balaban J connectivity index is 2.20. The van der Waals surface area contributed by atoms with E-state index in [1.165, 1.54) is 13.1 Å². The van der Waals surface area contributed by atoms with E-state index in [1.807, 2.05) is 6.07 Å². The van der Waals surface area contributed by atoms with E-state index in [2.05, 4.69) is 32.5 Å². The van der Waals surface area contributed by atoms with Crippen molar-refractivity contribution in [2.24, 2.45) is 0 Å². The van der Waals surface area contributed by atoms with E-state index >= 15 is 0 Å². The summed E-state index contributed by atoms with van der Waals surface area (Å²) in [5.41, 5.74) is 0.886. The van der Waals surface area contributed by atoms with E-state index < -0.39 is 0 Å². The standard InChI is InChI=1S/C19H24N6O3/c1-3-4-6-15(11-26)24-18-17(10-21-19(25-18)22-13(2)27)28-12-16-8-5-7-14(9-20)23-16/h5,7-8,10,15,26H,3-4,6,11-12H2,1-2H3,(H2,21,22,24,25,27)/t15-/m0/s1. The molecule has 1 atom stereocenters. The Hall–Kier alpha value is -3.25. The number of anilines is 2. The molecule has 0 aliphatic rings. The molecular weight excluding hydrogens is 360 g/mol. The first-order chi connectivity index (χ1) is 13.5. The first kappa shape index (κ1) is 21.1. The fraction of sp³-hybridized carbons (Fsp3) is 0.421. The molecule has 148 valence electrons. The molecule has 3 N–H and O–H groups in total. The summed E-state index contributed by atoms with van der Waals surface area (Å²) >= 11 is 0. The molecular formula is C19H24N6O3. The van der Waals surface area contributed by atoms with Crippen molar-refractivity contribution < 1.29 is 14.6 Å². The van der Waals surface area contributed by atoms with E-state index in [9.17, 15) is 9.90 Å². The minimum Gasteiger partial charge on any atom is -0.482 e. The lowest BCUT2D eigenvalue weighted by atomic mass is 10.1. The van der Waals surface area contributed by atoms with Gasteiger partial charge in [-0.3, -0.25) is 10.1 Å². The molecule has 2 heterocycles. The Morgan fingerprint density at radius 3 is 2.89 bits per heavy atom. The van der Waals surface area contributed by atoms with Crippen LogP contribution in [0.3, 0.4) is 0 Å². The molecule has 2 aromatic heterocycles. The third-order valence-electron chi connectivity index (χ3n) is 3.81. The van der Waals surface area contributed by atoms with Gasteiger partial charge < -0.3 is 15.2 Å². The molecule has 2 aromatic rings. The zero-order chi connectivity index (χ0) is 20.4. The van der Waals surface area contributed by atoms with E-state index in [-0.39, 0.29) is 31.1 Å². The number of carbonyl (C=O) groups excluding carboxylic acids is 1. The van der Waals surface area contributed by atoms with Crippen LogP contribution in [0, 0.1) is 11.3 Å². The normalized spacial score (nSPS) is 11.4. The molecule has 0 unspecified atom stereocenters. The molecule has 28 heavy (non-hydrogen) atoms. The highest BCUT2D eigenvalue weighted by molar-refractivity contribution is 5.86. The fourth-order valence-electron chi connectivity index (χ4n) is 2.42. The lowest BCUT2D eigenvalue weighted by molar-refractivity contribution is -0.114. The van der Waals surface area contributed by atoms with Gasteiger partial charge in [0.2, 0.25) is 11.9 Å². The molecule has 1 amide bonds. The van der Waals surface area contributed by atoms with Gasteiger partial charge in [-0.25, -0.2) is 9.97 Å². The SMILES string of the molecule is CCCC[C@@H](CO)Nc1nc(NC(C)=O)ncc1OCc1cccc(C#N)n1. The van der Waals surface area contributed by atoms with Gasteiger partial charge >= 0.3 is 0 Å². The lowest BCUT2D eigenvalue weighted by Crippen LogP contribution is -2.25. The largest absolute Gasteiger partial charge is 0.482 e. The molecule has 0 spiro atoms. The molecule has 9 heteroatoms. The summed E-state index contributed by atoms with van der Waals surface area (Å²) in [5.74, 6) is 0.569. The monoisotopic (exact) mass is 384 g/mol. The minimum absolute atomic E-state index is 0.0648. The van der Waals surface area contributed by atoms with E-state index in [1.54, 1.807) is 18.2 Å². The van der Waals surface area contributed by atoms with Crippen LogP contribution < -0.4 is 15.4 Å². The first-order valence-corrected chi connectivity index (χ1v) is 9.06. The second-order valence-corrected chi connectivity index (χ2v) is 6.17. The average Bonchev–Trinajstić information content (AvgIpc) is 2.70. The van der Waals surface area contributed by atoms with Crippen molar-refractivity contribution in [2.75, 3.05) is 17.2 Å². The van der Waals surface area contributed by atoms with Gasteiger partial charge in [0.25, 0.3) is 0 Å². The maximum Gasteiger partial charge on any atom is 0.231 e. The number of ether oxygens (including phenoxy) is 1. The van der Waals surface area contributed by atoms with Crippen molar-refractivity contribution in [3.63, 3.8) is 0 Å². The van der Waals surface area contributed by atoms with Gasteiger partial charge in [0.1, 0.15) is 18.4 Å². The Morgan fingerprint density at radius 2 is 2.21 bits per heavy atom. The number of nitrogens with zero attached hydrogens (tertiary/aromatic N) is 4. The molecule has 0 radical (unpaired) electrons. The van der Waals surface area contributed by atoms with Crippen LogP contribution in [0.15, 0.2) is 24.4 Å². The molecule has 0 aliphatic heterocycles. The number of nitrogens with one attached hydrogen (secondary N) is 2. The summed E-state index contributed by atoms with van der Waals surface area (Å²) in [5, 5.41) is 24.3. The van der Waals surface area contributed by atoms with Gasteiger partial charge in [0, 0.05) is 6.92 Å². The Kier molecular flexibility index (Phi) is 8.11. The quantitative estimate of drug-likeness (QED) is 0.568. The van der Waals surface area contributed by atoms with Gasteiger partial charge in [-0.2, -0.15) is 10.2 Å². The predicted octanol–water partition coefficient (Wildman–Crippen LogP) is 2.24. The second kappa shape index (κ2) is 10.8. The van der Waals surface area contributed by atoms with Crippen molar-refractivity contribution >= 4 is 17.7 Å². The van der Waals surface area contributed by atoms with Crippen molar-refractivity contribution in [1.82, 2.24) is 15.0 Å². The third-order valence-corrected chi connectivity index (χ3v) is 3.81. The number of pyridine rings is 1. The van der Waals surface area contributed by atoms with Crippen LogP contribution in [0.25, 0.3) is 0 Å². The van der Waals surface area contributed by atoms with E-state index in [0.717, 1.165) is 19.3 Å². The Morgan fingerprint density at radius 1 is 1.39 bits per heavy atom. The molecule has 0 aromatic carbocycles. The number of aromatic nitrogens is 3. The maximum atomic E-state index is 11.3. The van der Waals surface area contributed by atoms with Crippen LogP contribution in [0.1, 0.15) is 44.5 Å². The molecule has 0 saturated heterocycles. The lowest BCUT2D eigenvalue weighted by Gasteiger charge is -2.19. The van der Waals surface area contributed by atoms with Crippen molar-refractivity contribution in [3.8, 4) is 11.8 Å². The number of amides is 1. The van der Waals surface area contributed by atoms with Crippen LogP contribution in [0.2, 0.25) is 0 Å². The zero-order valence-corrected chi connectivity index (χ0v) is 16.0. The summed E-state index contributed by atoms with van der Waals surface area (Å²) in [6, 6.07) is 6.87. The van der Waals surface area contributed by atoms with Crippen LogP contribution in [0.4, 0.5) is 11.8 Å². The number of hydrogen-bond donors (Lipinski definition) is 3. The number of hydrogen-bond acceptors (Lipinski definition) is 8. The molecule has 0 fully saturated rings. The summed E-state index contributed by atoms with van der Waals surface area (Å²) in [6.07, 6.45) is 4.16. The van der Waals surface area contributed by atoms with Crippen LogP contribution in [0.5, 0.6) is 5.75 Å². The number of rotatable bonds is 10. The van der Waals surface area contributed by atoms with Crippen LogP contribution in [-0.2, 0) is 11.4 Å². The van der Waals surface area contributed by atoms with Crippen molar-refractivity contribution in [1.29, 1.82) is 5.26 Å². The zero-order valence-electron chi connectivity index (χ0n) is 16.0. The molecule has 0 bridgehead atoms.